The maximum absolute atomic E-state index is 13.7. The lowest BCUT2D eigenvalue weighted by Gasteiger charge is -2.14. The zero-order chi connectivity index (χ0) is 26.1. The van der Waals surface area contributed by atoms with Gasteiger partial charge in [-0.15, -0.1) is 11.3 Å². The third-order valence-corrected chi connectivity index (χ3v) is 8.24. The Kier molecular flexibility index (Phi) is 6.94. The molecule has 0 radical (unpaired) electrons. The van der Waals surface area contributed by atoms with Gasteiger partial charge in [-0.3, -0.25) is 14.6 Å². The molecular weight excluding hydrogens is 478 g/mol. The molecule has 0 fully saturated rings. The molecule has 1 N–H and O–H groups in total. The summed E-state index contributed by atoms with van der Waals surface area (Å²) in [5.74, 6) is -0.0321. The highest BCUT2D eigenvalue weighted by Crippen LogP contribution is 2.39. The van der Waals surface area contributed by atoms with Crippen molar-refractivity contribution in [3.8, 4) is 5.00 Å². The van der Waals surface area contributed by atoms with Crippen molar-refractivity contribution in [3.05, 3.63) is 98.7 Å². The first-order valence-electron chi connectivity index (χ1n) is 12.7. The summed E-state index contributed by atoms with van der Waals surface area (Å²) in [6.07, 6.45) is 6.06. The molecule has 4 aromatic rings. The molecule has 37 heavy (non-hydrogen) atoms. The largest absolute Gasteiger partial charge is 0.322 e. The minimum absolute atomic E-state index is 0.0216. The molecule has 0 atom stereocenters. The second-order valence-electron chi connectivity index (χ2n) is 9.74. The number of aryl methyl sites for hydroxylation is 3. The Morgan fingerprint density at radius 3 is 2.51 bits per heavy atom. The lowest BCUT2D eigenvalue weighted by atomic mass is 9.95. The summed E-state index contributed by atoms with van der Waals surface area (Å²) in [6, 6.07) is 17.4. The number of carbonyl (C=O) groups is 2. The maximum atomic E-state index is 13.7. The first-order valence-corrected chi connectivity index (χ1v) is 13.5. The van der Waals surface area contributed by atoms with Gasteiger partial charge in [-0.05, 0) is 89.3 Å². The fraction of sp³-hybridized carbons (Fsp3) is 0.258. The van der Waals surface area contributed by atoms with E-state index in [9.17, 15) is 9.59 Å². The SMILES string of the molecule is CC(=O)c1cccc(N=Cc2cc(C)n(-c3sc4c(c3C(=O)Nc3ccc(C)cc3)CCCC4)c2C)c1. The first kappa shape index (κ1) is 24.9. The lowest BCUT2D eigenvalue weighted by Crippen LogP contribution is -2.17. The summed E-state index contributed by atoms with van der Waals surface area (Å²) in [4.78, 5) is 31.4. The monoisotopic (exact) mass is 509 g/mol. The highest BCUT2D eigenvalue weighted by atomic mass is 32.1. The molecule has 5 rings (SSSR count). The Hall–Kier alpha value is -3.77. The molecule has 2 aromatic carbocycles. The van der Waals surface area contributed by atoms with E-state index in [4.69, 9.17) is 0 Å². The van der Waals surface area contributed by atoms with Crippen LogP contribution in [0.2, 0.25) is 0 Å². The maximum Gasteiger partial charge on any atom is 0.258 e. The number of aliphatic imine (C=N–C) groups is 1. The van der Waals surface area contributed by atoms with Gasteiger partial charge in [0.2, 0.25) is 0 Å². The second-order valence-corrected chi connectivity index (χ2v) is 10.8. The number of Topliss-reactive ketones (excluding diaryl/α,β-unsaturated/α-hetero) is 1. The molecule has 2 heterocycles. The normalized spacial score (nSPS) is 13.1. The zero-order valence-corrected chi connectivity index (χ0v) is 22.5. The second kappa shape index (κ2) is 10.3. The topological polar surface area (TPSA) is 63.5 Å². The fourth-order valence-corrected chi connectivity index (χ4v) is 6.45. The lowest BCUT2D eigenvalue weighted by molar-refractivity contribution is 0.101. The van der Waals surface area contributed by atoms with Gasteiger partial charge in [-0.2, -0.15) is 0 Å². The van der Waals surface area contributed by atoms with E-state index in [1.54, 1.807) is 30.4 Å². The number of benzene rings is 2. The molecule has 188 valence electrons. The number of nitrogens with zero attached hydrogens (tertiary/aromatic N) is 2. The molecule has 1 aliphatic carbocycles. The van der Waals surface area contributed by atoms with Crippen molar-refractivity contribution in [3.63, 3.8) is 0 Å². The Balaban J connectivity index is 1.53. The number of hydrogen-bond acceptors (Lipinski definition) is 4. The van der Waals surface area contributed by atoms with Crippen molar-refractivity contribution >= 4 is 40.6 Å². The molecule has 2 aromatic heterocycles. The summed E-state index contributed by atoms with van der Waals surface area (Å²) in [5, 5.41) is 4.12. The summed E-state index contributed by atoms with van der Waals surface area (Å²) in [6.45, 7) is 7.74. The van der Waals surface area contributed by atoms with Crippen LogP contribution in [0.4, 0.5) is 11.4 Å². The number of aromatic nitrogens is 1. The Morgan fingerprint density at radius 2 is 1.76 bits per heavy atom. The summed E-state index contributed by atoms with van der Waals surface area (Å²) >= 11 is 1.74. The predicted octanol–water partition coefficient (Wildman–Crippen LogP) is 7.55. The minimum atomic E-state index is -0.0537. The van der Waals surface area contributed by atoms with E-state index in [0.717, 1.165) is 70.1 Å². The van der Waals surface area contributed by atoms with Gasteiger partial charge < -0.3 is 9.88 Å². The molecule has 0 bridgehead atoms. The van der Waals surface area contributed by atoms with E-state index in [1.807, 2.05) is 49.5 Å². The van der Waals surface area contributed by atoms with E-state index >= 15 is 0 Å². The van der Waals surface area contributed by atoms with Crippen LogP contribution in [0.1, 0.15) is 73.4 Å². The van der Waals surface area contributed by atoms with E-state index in [0.29, 0.717) is 5.56 Å². The average molecular weight is 510 g/mol. The summed E-state index contributed by atoms with van der Waals surface area (Å²) < 4.78 is 2.19. The van der Waals surface area contributed by atoms with Crippen LogP contribution in [0, 0.1) is 20.8 Å². The highest BCUT2D eigenvalue weighted by Gasteiger charge is 2.28. The Morgan fingerprint density at radius 1 is 1.00 bits per heavy atom. The molecule has 1 aliphatic rings. The van der Waals surface area contributed by atoms with Gasteiger partial charge in [0.05, 0.1) is 11.3 Å². The standard InChI is InChI=1S/C31H31N3O2S/c1-19-12-14-25(15-13-19)33-30(36)29-27-10-5-6-11-28(27)37-31(29)34-20(2)16-24(21(34)3)18-32-26-9-7-8-23(17-26)22(4)35/h7-9,12-18H,5-6,10-11H2,1-4H3,(H,33,36). The van der Waals surface area contributed by atoms with Crippen molar-refractivity contribution in [1.82, 2.24) is 4.57 Å². The van der Waals surface area contributed by atoms with E-state index < -0.39 is 0 Å². The fourth-order valence-electron chi connectivity index (χ4n) is 4.95. The van der Waals surface area contributed by atoms with Crippen molar-refractivity contribution in [2.75, 3.05) is 5.32 Å². The van der Waals surface area contributed by atoms with Gasteiger partial charge in [0.1, 0.15) is 5.00 Å². The zero-order valence-electron chi connectivity index (χ0n) is 21.7. The molecule has 0 spiro atoms. The van der Waals surface area contributed by atoms with Crippen molar-refractivity contribution in [2.45, 2.75) is 53.4 Å². The summed E-state index contributed by atoms with van der Waals surface area (Å²) in [5.41, 5.74) is 8.41. The smallest absolute Gasteiger partial charge is 0.258 e. The molecular formula is C31H31N3O2S. The third-order valence-electron chi connectivity index (χ3n) is 6.97. The van der Waals surface area contributed by atoms with Crippen LogP contribution in [0.5, 0.6) is 0 Å². The van der Waals surface area contributed by atoms with Crippen LogP contribution in [-0.4, -0.2) is 22.5 Å². The number of nitrogens with one attached hydrogen (secondary N) is 1. The van der Waals surface area contributed by atoms with Gasteiger partial charge >= 0.3 is 0 Å². The van der Waals surface area contributed by atoms with Gasteiger partial charge in [0.15, 0.2) is 5.78 Å². The van der Waals surface area contributed by atoms with Crippen LogP contribution in [0.25, 0.3) is 5.00 Å². The number of hydrogen-bond donors (Lipinski definition) is 1. The molecule has 1 amide bonds. The molecule has 5 nitrogen and oxygen atoms in total. The molecule has 0 unspecified atom stereocenters. The van der Waals surface area contributed by atoms with Crippen LogP contribution in [0.15, 0.2) is 59.6 Å². The number of rotatable bonds is 6. The Bertz CT molecular complexity index is 1520. The highest BCUT2D eigenvalue weighted by molar-refractivity contribution is 7.15. The van der Waals surface area contributed by atoms with Crippen molar-refractivity contribution < 1.29 is 9.59 Å². The van der Waals surface area contributed by atoms with E-state index in [-0.39, 0.29) is 11.7 Å². The van der Waals surface area contributed by atoms with Crippen LogP contribution in [-0.2, 0) is 12.8 Å². The van der Waals surface area contributed by atoms with Gasteiger partial charge in [-0.25, -0.2) is 0 Å². The molecule has 0 aliphatic heterocycles. The Labute approximate surface area is 221 Å². The van der Waals surface area contributed by atoms with Crippen molar-refractivity contribution in [1.29, 1.82) is 0 Å². The van der Waals surface area contributed by atoms with Crippen LogP contribution >= 0.6 is 11.3 Å². The molecule has 6 heteroatoms. The van der Waals surface area contributed by atoms with Crippen LogP contribution in [0.3, 0.4) is 0 Å². The summed E-state index contributed by atoms with van der Waals surface area (Å²) in [7, 11) is 0. The van der Waals surface area contributed by atoms with Gasteiger partial charge in [0.25, 0.3) is 5.91 Å². The van der Waals surface area contributed by atoms with E-state index in [2.05, 4.69) is 34.8 Å². The minimum Gasteiger partial charge on any atom is -0.322 e. The number of fused-ring (bicyclic) bond motifs is 1. The first-order chi connectivity index (χ1) is 17.8. The number of thiophene rings is 1. The third kappa shape index (κ3) is 5.07. The number of carbonyl (C=O) groups excluding carboxylic acids is 2. The van der Waals surface area contributed by atoms with Crippen LogP contribution < -0.4 is 5.32 Å². The van der Waals surface area contributed by atoms with Crippen molar-refractivity contribution in [2.24, 2.45) is 4.99 Å². The van der Waals surface area contributed by atoms with Gasteiger partial charge in [0, 0.05) is 39.3 Å². The number of amides is 1. The predicted molar refractivity (Wildman–Crippen MR) is 153 cm³/mol. The van der Waals surface area contributed by atoms with E-state index in [1.165, 1.54) is 10.4 Å². The quantitative estimate of drug-likeness (QED) is 0.215. The molecule has 0 saturated heterocycles. The van der Waals surface area contributed by atoms with Gasteiger partial charge in [-0.1, -0.05) is 29.8 Å². The number of ketones is 1. The average Bonchev–Trinajstić information content (AvgIpc) is 3.40. The molecule has 0 saturated carbocycles. The number of anilines is 1.